The summed E-state index contributed by atoms with van der Waals surface area (Å²) in [6, 6.07) is 8.09. The molecule has 0 heterocycles. The molecular formula is C14H20N2O3S. The van der Waals surface area contributed by atoms with Crippen LogP contribution < -0.4 is 10.6 Å². The van der Waals surface area contributed by atoms with Crippen molar-refractivity contribution < 1.29 is 13.2 Å². The van der Waals surface area contributed by atoms with Crippen LogP contribution in [0.5, 0.6) is 0 Å². The highest BCUT2D eigenvalue weighted by atomic mass is 32.2. The van der Waals surface area contributed by atoms with E-state index in [-0.39, 0.29) is 0 Å². The van der Waals surface area contributed by atoms with Crippen molar-refractivity contribution >= 4 is 21.4 Å². The first-order chi connectivity index (χ1) is 9.36. The molecule has 1 amide bonds. The normalized spacial score (nSPS) is 16.7. The fourth-order valence-corrected chi connectivity index (χ4v) is 2.14. The van der Waals surface area contributed by atoms with Gasteiger partial charge in [0.15, 0.2) is 9.84 Å². The zero-order valence-corrected chi connectivity index (χ0v) is 12.5. The Morgan fingerprint density at radius 1 is 1.30 bits per heavy atom. The molecule has 0 radical (unpaired) electrons. The van der Waals surface area contributed by atoms with Crippen LogP contribution >= 0.6 is 0 Å². The molecule has 0 aliphatic heterocycles. The second kappa shape index (κ2) is 5.93. The third-order valence-corrected chi connectivity index (χ3v) is 4.90. The van der Waals surface area contributed by atoms with Gasteiger partial charge in [-0.1, -0.05) is 12.1 Å². The Balaban J connectivity index is 1.90. The van der Waals surface area contributed by atoms with E-state index in [0.29, 0.717) is 11.7 Å². The highest BCUT2D eigenvalue weighted by Gasteiger charge is 2.23. The maximum atomic E-state index is 11.8. The van der Waals surface area contributed by atoms with Crippen molar-refractivity contribution in [2.45, 2.75) is 37.6 Å². The summed E-state index contributed by atoms with van der Waals surface area (Å²) in [7, 11) is -3.36. The molecule has 0 saturated heterocycles. The molecule has 1 atom stereocenters. The van der Waals surface area contributed by atoms with Gasteiger partial charge in [0.05, 0.1) is 0 Å². The van der Waals surface area contributed by atoms with Crippen LogP contribution in [-0.4, -0.2) is 31.9 Å². The second-order valence-corrected chi connectivity index (χ2v) is 7.68. The van der Waals surface area contributed by atoms with Crippen molar-refractivity contribution in [1.82, 2.24) is 5.32 Å². The van der Waals surface area contributed by atoms with E-state index in [2.05, 4.69) is 10.6 Å². The van der Waals surface area contributed by atoms with Gasteiger partial charge >= 0.3 is 0 Å². The Morgan fingerprint density at radius 3 is 2.40 bits per heavy atom. The van der Waals surface area contributed by atoms with Crippen molar-refractivity contribution in [2.75, 3.05) is 11.6 Å². The lowest BCUT2D eigenvalue weighted by Crippen LogP contribution is -2.31. The number of rotatable bonds is 6. The molecule has 1 unspecified atom stereocenters. The summed E-state index contributed by atoms with van der Waals surface area (Å²) in [5.74, 6) is -0.503. The molecule has 1 aliphatic rings. The lowest BCUT2D eigenvalue weighted by molar-refractivity contribution is -0.115. The molecule has 6 heteroatoms. The molecular weight excluding hydrogens is 276 g/mol. The maximum Gasteiger partial charge on any atom is 0.242 e. The molecule has 20 heavy (non-hydrogen) atoms. The minimum Gasteiger partial charge on any atom is -0.325 e. The van der Waals surface area contributed by atoms with Crippen LogP contribution in [0.3, 0.4) is 0 Å². The summed E-state index contributed by atoms with van der Waals surface area (Å²) in [4.78, 5) is 11.8. The SMILES string of the molecule is CC(C(=O)Nc1ccc(CNC2CC2)cc1)S(C)(=O)=O. The zero-order valence-electron chi connectivity index (χ0n) is 11.7. The topological polar surface area (TPSA) is 75.3 Å². The van der Waals surface area contributed by atoms with E-state index in [9.17, 15) is 13.2 Å². The Hall–Kier alpha value is -1.40. The van der Waals surface area contributed by atoms with Crippen LogP contribution in [0, 0.1) is 0 Å². The molecule has 2 N–H and O–H groups in total. The molecule has 0 spiro atoms. The largest absolute Gasteiger partial charge is 0.325 e. The van der Waals surface area contributed by atoms with E-state index < -0.39 is 21.0 Å². The van der Waals surface area contributed by atoms with Gasteiger partial charge in [0, 0.05) is 24.5 Å². The van der Waals surface area contributed by atoms with Crippen LogP contribution in [0.2, 0.25) is 0 Å². The minimum absolute atomic E-state index is 0.503. The van der Waals surface area contributed by atoms with Gasteiger partial charge in [0.25, 0.3) is 0 Å². The summed E-state index contributed by atoms with van der Waals surface area (Å²) in [6.07, 6.45) is 3.55. The minimum atomic E-state index is -3.36. The Bertz CT molecular complexity index is 577. The quantitative estimate of drug-likeness (QED) is 0.830. The number of hydrogen-bond acceptors (Lipinski definition) is 4. The summed E-state index contributed by atoms with van der Waals surface area (Å²) >= 11 is 0. The number of benzene rings is 1. The highest BCUT2D eigenvalue weighted by molar-refractivity contribution is 7.92. The third kappa shape index (κ3) is 4.31. The van der Waals surface area contributed by atoms with E-state index in [1.807, 2.05) is 12.1 Å². The number of carbonyl (C=O) groups is 1. The third-order valence-electron chi connectivity index (χ3n) is 3.41. The monoisotopic (exact) mass is 296 g/mol. The molecule has 1 fully saturated rings. The first-order valence-corrected chi connectivity index (χ1v) is 8.64. The predicted molar refractivity (Wildman–Crippen MR) is 79.2 cm³/mol. The van der Waals surface area contributed by atoms with Gasteiger partial charge < -0.3 is 10.6 Å². The molecule has 1 aromatic rings. The van der Waals surface area contributed by atoms with E-state index in [0.717, 1.165) is 18.4 Å². The van der Waals surface area contributed by atoms with Crippen molar-refractivity contribution in [3.63, 3.8) is 0 Å². The lowest BCUT2D eigenvalue weighted by atomic mass is 10.2. The van der Waals surface area contributed by atoms with Gasteiger partial charge in [-0.2, -0.15) is 0 Å². The average molecular weight is 296 g/mol. The van der Waals surface area contributed by atoms with Crippen molar-refractivity contribution in [2.24, 2.45) is 0 Å². The van der Waals surface area contributed by atoms with Gasteiger partial charge in [-0.3, -0.25) is 4.79 Å². The Labute approximate surface area is 119 Å². The van der Waals surface area contributed by atoms with E-state index in [1.54, 1.807) is 12.1 Å². The molecule has 2 rings (SSSR count). The molecule has 0 aromatic heterocycles. The van der Waals surface area contributed by atoms with E-state index in [1.165, 1.54) is 19.8 Å². The van der Waals surface area contributed by atoms with Gasteiger partial charge in [0.2, 0.25) is 5.91 Å². The van der Waals surface area contributed by atoms with Crippen molar-refractivity contribution in [1.29, 1.82) is 0 Å². The standard InChI is InChI=1S/C14H20N2O3S/c1-10(20(2,18)19)14(17)16-13-5-3-11(4-6-13)9-15-12-7-8-12/h3-6,10,12,15H,7-9H2,1-2H3,(H,16,17). The fraction of sp³-hybridized carbons (Fsp3) is 0.500. The summed E-state index contributed by atoms with van der Waals surface area (Å²) in [6.45, 7) is 2.21. The smallest absolute Gasteiger partial charge is 0.242 e. The van der Waals surface area contributed by atoms with Crippen LogP contribution in [0.25, 0.3) is 0 Å². The van der Waals surface area contributed by atoms with E-state index >= 15 is 0 Å². The van der Waals surface area contributed by atoms with Crippen LogP contribution in [0.15, 0.2) is 24.3 Å². The number of hydrogen-bond donors (Lipinski definition) is 2. The summed E-state index contributed by atoms with van der Waals surface area (Å²) in [5.41, 5.74) is 1.76. The number of anilines is 1. The molecule has 1 saturated carbocycles. The van der Waals surface area contributed by atoms with Crippen LogP contribution in [-0.2, 0) is 21.2 Å². The maximum absolute atomic E-state index is 11.8. The highest BCUT2D eigenvalue weighted by Crippen LogP contribution is 2.19. The van der Waals surface area contributed by atoms with E-state index in [4.69, 9.17) is 0 Å². The summed E-state index contributed by atoms with van der Waals surface area (Å²) in [5, 5.41) is 4.98. The van der Waals surface area contributed by atoms with Crippen molar-refractivity contribution in [3.05, 3.63) is 29.8 Å². The van der Waals surface area contributed by atoms with Crippen molar-refractivity contribution in [3.8, 4) is 0 Å². The molecule has 110 valence electrons. The number of amides is 1. The molecule has 0 bridgehead atoms. The van der Waals surface area contributed by atoms with Crippen LogP contribution in [0.1, 0.15) is 25.3 Å². The summed E-state index contributed by atoms with van der Waals surface area (Å²) < 4.78 is 22.6. The number of carbonyl (C=O) groups excluding carboxylic acids is 1. The second-order valence-electron chi connectivity index (χ2n) is 5.31. The van der Waals surface area contributed by atoms with Gasteiger partial charge in [0.1, 0.15) is 5.25 Å². The lowest BCUT2D eigenvalue weighted by Gasteiger charge is -2.11. The number of sulfone groups is 1. The fourth-order valence-electron chi connectivity index (χ4n) is 1.69. The van der Waals surface area contributed by atoms with Gasteiger partial charge in [-0.05, 0) is 37.5 Å². The van der Waals surface area contributed by atoms with Gasteiger partial charge in [-0.25, -0.2) is 8.42 Å². The predicted octanol–water partition coefficient (Wildman–Crippen LogP) is 1.31. The number of nitrogens with one attached hydrogen (secondary N) is 2. The molecule has 5 nitrogen and oxygen atoms in total. The Morgan fingerprint density at radius 2 is 1.90 bits per heavy atom. The van der Waals surface area contributed by atoms with Gasteiger partial charge in [-0.15, -0.1) is 0 Å². The first-order valence-electron chi connectivity index (χ1n) is 6.68. The Kier molecular flexibility index (Phi) is 4.45. The molecule has 1 aliphatic carbocycles. The first kappa shape index (κ1) is 15.0. The average Bonchev–Trinajstić information content (AvgIpc) is 3.20. The molecule has 1 aromatic carbocycles. The van der Waals surface area contributed by atoms with Crippen LogP contribution in [0.4, 0.5) is 5.69 Å². The zero-order chi connectivity index (χ0) is 14.8.